The van der Waals surface area contributed by atoms with Gasteiger partial charge in [-0.05, 0) is 36.2 Å². The molecule has 9 nitrogen and oxygen atoms in total. The van der Waals surface area contributed by atoms with Gasteiger partial charge >= 0.3 is 12.0 Å². The summed E-state index contributed by atoms with van der Waals surface area (Å²) in [6, 6.07) is 9.93. The second-order valence-corrected chi connectivity index (χ2v) is 5.54. The highest BCUT2D eigenvalue weighted by molar-refractivity contribution is 5.83. The van der Waals surface area contributed by atoms with E-state index in [-0.39, 0.29) is 19.0 Å². The molecule has 0 saturated heterocycles. The van der Waals surface area contributed by atoms with E-state index in [1.807, 2.05) is 0 Å². The van der Waals surface area contributed by atoms with Gasteiger partial charge in [0.15, 0.2) is 6.61 Å². The Morgan fingerprint density at radius 1 is 1.04 bits per heavy atom. The number of aliphatic carboxylic acids is 1. The van der Waals surface area contributed by atoms with E-state index < -0.39 is 18.6 Å². The lowest BCUT2D eigenvalue weighted by atomic mass is 10.1. The van der Waals surface area contributed by atoms with Gasteiger partial charge in [0, 0.05) is 6.54 Å². The van der Waals surface area contributed by atoms with Crippen LogP contribution in [0.2, 0.25) is 0 Å². The summed E-state index contributed by atoms with van der Waals surface area (Å²) in [6.07, 6.45) is 2.11. The summed E-state index contributed by atoms with van der Waals surface area (Å²) >= 11 is 0. The molecule has 1 heterocycles. The summed E-state index contributed by atoms with van der Waals surface area (Å²) in [5, 5.41) is 16.3. The number of rotatable bonds is 10. The van der Waals surface area contributed by atoms with Crippen LogP contribution < -0.4 is 20.7 Å². The topological polar surface area (TPSA) is 130 Å². The van der Waals surface area contributed by atoms with Gasteiger partial charge in [-0.25, -0.2) is 9.59 Å². The fourth-order valence-corrected chi connectivity index (χ4v) is 2.11. The van der Waals surface area contributed by atoms with E-state index in [4.69, 9.17) is 14.3 Å². The lowest BCUT2D eigenvalue weighted by molar-refractivity contribution is -0.139. The summed E-state index contributed by atoms with van der Waals surface area (Å²) in [4.78, 5) is 33.7. The first-order valence-corrected chi connectivity index (χ1v) is 8.27. The van der Waals surface area contributed by atoms with Crippen molar-refractivity contribution in [2.24, 2.45) is 0 Å². The van der Waals surface area contributed by atoms with Crippen LogP contribution in [0, 0.1) is 0 Å². The van der Waals surface area contributed by atoms with Crippen molar-refractivity contribution in [2.45, 2.75) is 13.0 Å². The third kappa shape index (κ3) is 7.95. The molecule has 9 heteroatoms. The fraction of sp³-hybridized carbons (Fsp3) is 0.278. The standard InChI is InChI=1S/C18H21N3O6/c22-16(11-21-18(25)20-10-15-2-1-9-26-15)19-8-7-13-3-5-14(6-4-13)27-12-17(23)24/h1-6,9H,7-8,10-12H2,(H,19,22)(H,23,24)(H2,20,21,25). The quantitative estimate of drug-likeness (QED) is 0.488. The number of carbonyl (C=O) groups is 3. The summed E-state index contributed by atoms with van der Waals surface area (Å²) in [5.74, 6) is -0.251. The SMILES string of the molecule is O=C(O)COc1ccc(CCNC(=O)CNC(=O)NCc2ccco2)cc1. The van der Waals surface area contributed by atoms with E-state index in [0.29, 0.717) is 24.5 Å². The maximum Gasteiger partial charge on any atom is 0.341 e. The monoisotopic (exact) mass is 375 g/mol. The van der Waals surface area contributed by atoms with Crippen molar-refractivity contribution < 1.29 is 28.6 Å². The van der Waals surface area contributed by atoms with Gasteiger partial charge in [0.1, 0.15) is 11.5 Å². The molecule has 0 radical (unpaired) electrons. The Morgan fingerprint density at radius 2 is 1.81 bits per heavy atom. The number of ether oxygens (including phenoxy) is 1. The van der Waals surface area contributed by atoms with E-state index in [9.17, 15) is 14.4 Å². The summed E-state index contributed by atoms with van der Waals surface area (Å²) < 4.78 is 10.1. The van der Waals surface area contributed by atoms with Crippen molar-refractivity contribution in [1.82, 2.24) is 16.0 Å². The zero-order chi connectivity index (χ0) is 19.5. The number of amides is 3. The van der Waals surface area contributed by atoms with Crippen molar-refractivity contribution in [3.63, 3.8) is 0 Å². The van der Waals surface area contributed by atoms with Gasteiger partial charge in [-0.1, -0.05) is 12.1 Å². The third-order valence-electron chi connectivity index (χ3n) is 3.43. The first kappa shape index (κ1) is 19.8. The van der Waals surface area contributed by atoms with Crippen molar-refractivity contribution in [2.75, 3.05) is 19.7 Å². The first-order chi connectivity index (χ1) is 13.0. The molecule has 0 atom stereocenters. The molecule has 4 N–H and O–H groups in total. The lowest BCUT2D eigenvalue weighted by Crippen LogP contribution is -2.42. The summed E-state index contributed by atoms with van der Waals surface area (Å²) in [5.41, 5.74) is 0.960. The molecule has 0 spiro atoms. The molecule has 2 aromatic rings. The minimum Gasteiger partial charge on any atom is -0.482 e. The normalized spacial score (nSPS) is 10.1. The molecule has 1 aromatic heterocycles. The van der Waals surface area contributed by atoms with Gasteiger partial charge in [-0.15, -0.1) is 0 Å². The van der Waals surface area contributed by atoms with Crippen molar-refractivity contribution >= 4 is 17.9 Å². The molecule has 3 amide bonds. The van der Waals surface area contributed by atoms with Crippen LogP contribution in [0.1, 0.15) is 11.3 Å². The number of benzene rings is 1. The number of nitrogens with one attached hydrogen (secondary N) is 3. The van der Waals surface area contributed by atoms with Crippen LogP contribution >= 0.6 is 0 Å². The average molecular weight is 375 g/mol. The van der Waals surface area contributed by atoms with Crippen molar-refractivity contribution in [3.8, 4) is 5.75 Å². The number of furan rings is 1. The third-order valence-corrected chi connectivity index (χ3v) is 3.43. The van der Waals surface area contributed by atoms with Gasteiger partial charge in [0.25, 0.3) is 0 Å². The Hall–Kier alpha value is -3.49. The first-order valence-electron chi connectivity index (χ1n) is 8.27. The zero-order valence-corrected chi connectivity index (χ0v) is 14.6. The van der Waals surface area contributed by atoms with Gasteiger partial charge in [-0.2, -0.15) is 0 Å². The van der Waals surface area contributed by atoms with E-state index in [0.717, 1.165) is 5.56 Å². The predicted molar refractivity (Wildman–Crippen MR) is 95.2 cm³/mol. The highest BCUT2D eigenvalue weighted by Crippen LogP contribution is 2.12. The number of carbonyl (C=O) groups excluding carboxylic acids is 2. The molecule has 144 valence electrons. The maximum absolute atomic E-state index is 11.7. The van der Waals surface area contributed by atoms with E-state index in [2.05, 4.69) is 16.0 Å². The van der Waals surface area contributed by atoms with Crippen LogP contribution in [0.3, 0.4) is 0 Å². The van der Waals surface area contributed by atoms with Crippen LogP contribution in [0.4, 0.5) is 4.79 Å². The van der Waals surface area contributed by atoms with E-state index in [1.165, 1.54) is 6.26 Å². The molecule has 0 aliphatic heterocycles. The van der Waals surface area contributed by atoms with Gasteiger partial charge in [0.05, 0.1) is 19.4 Å². The van der Waals surface area contributed by atoms with E-state index in [1.54, 1.807) is 36.4 Å². The van der Waals surface area contributed by atoms with Gasteiger partial charge in [-0.3, -0.25) is 4.79 Å². The Labute approximate surface area is 155 Å². The molecule has 0 bridgehead atoms. The summed E-state index contributed by atoms with van der Waals surface area (Å²) in [7, 11) is 0. The number of carboxylic acid groups (broad SMARTS) is 1. The average Bonchev–Trinajstić information content (AvgIpc) is 3.17. The van der Waals surface area contributed by atoms with E-state index >= 15 is 0 Å². The minimum atomic E-state index is -1.04. The Morgan fingerprint density at radius 3 is 2.48 bits per heavy atom. The number of urea groups is 1. The predicted octanol–water partition coefficient (Wildman–Crippen LogP) is 0.901. The van der Waals surface area contributed by atoms with Crippen LogP contribution in [-0.4, -0.2) is 42.7 Å². The molecule has 0 aliphatic carbocycles. The molecule has 27 heavy (non-hydrogen) atoms. The van der Waals surface area contributed by atoms with Crippen LogP contribution in [0.5, 0.6) is 5.75 Å². The minimum absolute atomic E-state index is 0.133. The number of hydrogen-bond donors (Lipinski definition) is 4. The van der Waals surface area contributed by atoms with Crippen molar-refractivity contribution in [3.05, 3.63) is 54.0 Å². The Balaban J connectivity index is 1.58. The molecule has 0 fully saturated rings. The molecule has 0 saturated carbocycles. The second-order valence-electron chi connectivity index (χ2n) is 5.54. The van der Waals surface area contributed by atoms with Crippen molar-refractivity contribution in [1.29, 1.82) is 0 Å². The molecule has 1 aromatic carbocycles. The number of carboxylic acids is 1. The second kappa shape index (κ2) is 10.5. The largest absolute Gasteiger partial charge is 0.482 e. The van der Waals surface area contributed by atoms with Crippen LogP contribution in [-0.2, 0) is 22.6 Å². The molecule has 0 aliphatic rings. The maximum atomic E-state index is 11.7. The van der Waals surface area contributed by atoms with Crippen LogP contribution in [0.15, 0.2) is 47.1 Å². The molecular weight excluding hydrogens is 354 g/mol. The fourth-order valence-electron chi connectivity index (χ4n) is 2.11. The lowest BCUT2D eigenvalue weighted by Gasteiger charge is -2.08. The highest BCUT2D eigenvalue weighted by Gasteiger charge is 2.06. The zero-order valence-electron chi connectivity index (χ0n) is 14.6. The van der Waals surface area contributed by atoms with Gasteiger partial charge < -0.3 is 30.2 Å². The number of hydrogen-bond acceptors (Lipinski definition) is 5. The summed E-state index contributed by atoms with van der Waals surface area (Å²) in [6.45, 7) is 0.125. The highest BCUT2D eigenvalue weighted by atomic mass is 16.5. The molecule has 2 rings (SSSR count). The Kier molecular flexibility index (Phi) is 7.70. The molecular formula is C18H21N3O6. The molecule has 0 unspecified atom stereocenters. The van der Waals surface area contributed by atoms with Crippen LogP contribution in [0.25, 0.3) is 0 Å². The smallest absolute Gasteiger partial charge is 0.341 e. The van der Waals surface area contributed by atoms with Gasteiger partial charge in [0.2, 0.25) is 5.91 Å². The Bertz CT molecular complexity index is 743.